The third-order valence-corrected chi connectivity index (χ3v) is 4.59. The predicted molar refractivity (Wildman–Crippen MR) is 51.9 cm³/mol. The molecule has 13 heavy (non-hydrogen) atoms. The molecule has 2 rings (SSSR count). The van der Waals surface area contributed by atoms with Crippen molar-refractivity contribution < 1.29 is 14.6 Å². The van der Waals surface area contributed by atoms with E-state index in [1.54, 1.807) is 6.08 Å². The number of hydrogen-bond donors (Lipinski definition) is 1. The van der Waals surface area contributed by atoms with Gasteiger partial charge in [0.1, 0.15) is 20.5 Å². The lowest BCUT2D eigenvalue weighted by atomic mass is 10.3. The Bertz CT molecular complexity index is 321. The van der Waals surface area contributed by atoms with Crippen LogP contribution in [-0.2, 0) is 9.47 Å². The van der Waals surface area contributed by atoms with Gasteiger partial charge in [0.25, 0.3) is 0 Å². The quantitative estimate of drug-likeness (QED) is 0.522. The van der Waals surface area contributed by atoms with Crippen LogP contribution in [0.3, 0.4) is 0 Å². The van der Waals surface area contributed by atoms with Gasteiger partial charge in [-0.3, -0.25) is 0 Å². The van der Waals surface area contributed by atoms with Crippen LogP contribution >= 0.6 is 0 Å². The van der Waals surface area contributed by atoms with Gasteiger partial charge in [-0.25, -0.2) is 0 Å². The molecule has 0 aromatic rings. The number of hydrogen-bond acceptors (Lipinski definition) is 3. The highest BCUT2D eigenvalue weighted by Gasteiger charge is 2.59. The molecule has 2 heterocycles. The van der Waals surface area contributed by atoms with Crippen molar-refractivity contribution in [2.45, 2.75) is 17.9 Å². The summed E-state index contributed by atoms with van der Waals surface area (Å²) in [6, 6.07) is 0. The predicted octanol–water partition coefficient (Wildman–Crippen LogP) is 0.727. The molecule has 2 aliphatic rings. The normalized spacial score (nSPS) is 37.5. The maximum Gasteiger partial charge on any atom is 0.202 e. The van der Waals surface area contributed by atoms with Crippen LogP contribution in [0.2, 0.25) is 0 Å². The minimum atomic E-state index is -0.330. The summed E-state index contributed by atoms with van der Waals surface area (Å²) in [4.78, 5) is 0. The Morgan fingerprint density at radius 3 is 3.00 bits per heavy atom. The molecule has 3 nitrogen and oxygen atoms in total. The molecule has 0 radical (unpaired) electrons. The zero-order valence-electron chi connectivity index (χ0n) is 7.54. The molecule has 1 saturated heterocycles. The van der Waals surface area contributed by atoms with Crippen molar-refractivity contribution in [3.05, 3.63) is 36.5 Å². The first-order valence-corrected chi connectivity index (χ1v) is 5.70. The van der Waals surface area contributed by atoms with E-state index >= 15 is 0 Å². The van der Waals surface area contributed by atoms with Gasteiger partial charge in [0.15, 0.2) is 11.5 Å². The van der Waals surface area contributed by atoms with Crippen molar-refractivity contribution in [3.8, 4) is 0 Å². The molecule has 0 aliphatic carbocycles. The van der Waals surface area contributed by atoms with E-state index in [4.69, 9.17) is 9.47 Å². The van der Waals surface area contributed by atoms with Gasteiger partial charge < -0.3 is 14.6 Å². The molecule has 1 fully saturated rings. The number of fused-ring (bicyclic) bond motifs is 1. The molecular formula is C9H12O3Si. The van der Waals surface area contributed by atoms with Gasteiger partial charge in [0.2, 0.25) is 5.76 Å². The smallest absolute Gasteiger partial charge is 0.202 e. The second-order valence-electron chi connectivity index (χ2n) is 3.57. The van der Waals surface area contributed by atoms with E-state index in [1.807, 2.05) is 6.92 Å². The molecule has 0 amide bonds. The monoisotopic (exact) mass is 196 g/mol. The zero-order chi connectivity index (χ0) is 9.64. The Morgan fingerprint density at radius 1 is 1.77 bits per heavy atom. The van der Waals surface area contributed by atoms with Crippen molar-refractivity contribution in [2.75, 3.05) is 0 Å². The van der Waals surface area contributed by atoms with Gasteiger partial charge >= 0.3 is 0 Å². The van der Waals surface area contributed by atoms with E-state index < -0.39 is 0 Å². The van der Waals surface area contributed by atoms with Gasteiger partial charge in [-0.05, 0) is 13.0 Å². The first-order valence-electron chi connectivity index (χ1n) is 4.17. The maximum absolute atomic E-state index is 9.24. The van der Waals surface area contributed by atoms with Crippen LogP contribution in [0.4, 0.5) is 0 Å². The first-order chi connectivity index (χ1) is 6.07. The Morgan fingerprint density at radius 2 is 2.46 bits per heavy atom. The Hall–Kier alpha value is -1.16. The van der Waals surface area contributed by atoms with Gasteiger partial charge in [-0.1, -0.05) is 13.2 Å². The van der Waals surface area contributed by atoms with Crippen molar-refractivity contribution in [3.63, 3.8) is 0 Å². The summed E-state index contributed by atoms with van der Waals surface area (Å²) in [5.41, 5.74) is 0.239. The largest absolute Gasteiger partial charge is 0.505 e. The highest BCUT2D eigenvalue weighted by molar-refractivity contribution is 6.56. The molecule has 0 spiro atoms. The van der Waals surface area contributed by atoms with Gasteiger partial charge in [-0.15, -0.1) is 0 Å². The number of allylic oxidation sites excluding steroid dienone is 1. The number of aliphatic hydroxyl groups is 1. The standard InChI is InChI=1S/C9H12O3Si/c1-4-6-7(5(2)10)12-9(3)8(11-6)13-9/h4,8,10H,1-2,13H2,3H3. The maximum atomic E-state index is 9.24. The third-order valence-electron chi connectivity index (χ3n) is 2.39. The summed E-state index contributed by atoms with van der Waals surface area (Å²) in [5, 5.41) is 9.11. The molecule has 0 saturated carbocycles. The molecule has 70 valence electrons. The topological polar surface area (TPSA) is 38.7 Å². The number of rotatable bonds is 2. The van der Waals surface area contributed by atoms with E-state index in [-0.39, 0.29) is 26.2 Å². The molecular weight excluding hydrogens is 184 g/mol. The minimum Gasteiger partial charge on any atom is -0.505 e. The van der Waals surface area contributed by atoms with Gasteiger partial charge in [-0.2, -0.15) is 0 Å². The van der Waals surface area contributed by atoms with Crippen molar-refractivity contribution in [1.82, 2.24) is 0 Å². The summed E-state index contributed by atoms with van der Waals surface area (Å²) in [7, 11) is -0.330. The first kappa shape index (κ1) is 8.44. The van der Waals surface area contributed by atoms with Crippen molar-refractivity contribution in [2.24, 2.45) is 0 Å². The zero-order valence-corrected chi connectivity index (χ0v) is 8.95. The lowest BCUT2D eigenvalue weighted by Gasteiger charge is -2.25. The SMILES string of the molecule is C=CC1=C(C(=C)O)OC2(C)[SiH2]C2O1. The minimum absolute atomic E-state index is 0.0875. The van der Waals surface area contributed by atoms with Crippen LogP contribution < -0.4 is 0 Å². The van der Waals surface area contributed by atoms with Gasteiger partial charge in [0.05, 0.1) is 0 Å². The Labute approximate surface area is 79.2 Å². The van der Waals surface area contributed by atoms with Crippen LogP contribution in [0.25, 0.3) is 0 Å². The fourth-order valence-electron chi connectivity index (χ4n) is 1.42. The van der Waals surface area contributed by atoms with Crippen molar-refractivity contribution in [1.29, 1.82) is 0 Å². The van der Waals surface area contributed by atoms with Crippen LogP contribution in [0.15, 0.2) is 36.5 Å². The summed E-state index contributed by atoms with van der Waals surface area (Å²) < 4.78 is 11.2. The molecule has 0 aromatic carbocycles. The van der Waals surface area contributed by atoms with E-state index in [1.165, 1.54) is 0 Å². The van der Waals surface area contributed by atoms with E-state index in [2.05, 4.69) is 13.2 Å². The average Bonchev–Trinajstić information content (AvgIpc) is 2.73. The number of ether oxygens (including phenoxy) is 2. The lowest BCUT2D eigenvalue weighted by molar-refractivity contribution is 0.00605. The van der Waals surface area contributed by atoms with Crippen LogP contribution in [0.5, 0.6) is 0 Å². The van der Waals surface area contributed by atoms with Crippen LogP contribution in [0, 0.1) is 0 Å². The fourth-order valence-corrected chi connectivity index (χ4v) is 2.69. The Kier molecular flexibility index (Phi) is 1.57. The molecule has 4 heteroatoms. The van der Waals surface area contributed by atoms with Gasteiger partial charge in [0, 0.05) is 0 Å². The molecule has 0 bridgehead atoms. The van der Waals surface area contributed by atoms with E-state index in [9.17, 15) is 5.11 Å². The molecule has 2 aliphatic heterocycles. The summed E-state index contributed by atoms with van der Waals surface area (Å²) in [6.07, 6.45) is 1.54. The molecule has 0 aromatic heterocycles. The molecule has 2 atom stereocenters. The van der Waals surface area contributed by atoms with E-state index in [0.29, 0.717) is 11.5 Å². The second kappa shape index (κ2) is 2.42. The second-order valence-corrected chi connectivity index (χ2v) is 6.12. The molecule has 2 unspecified atom stereocenters. The fraction of sp³-hybridized carbons (Fsp3) is 0.333. The van der Waals surface area contributed by atoms with Crippen LogP contribution in [0.1, 0.15) is 6.92 Å². The highest BCUT2D eigenvalue weighted by atomic mass is 28.2. The molecule has 1 N–H and O–H groups in total. The third kappa shape index (κ3) is 1.18. The Balaban J connectivity index is 2.32. The number of aliphatic hydroxyl groups excluding tert-OH is 1. The van der Waals surface area contributed by atoms with Crippen LogP contribution in [-0.4, -0.2) is 25.6 Å². The summed E-state index contributed by atoms with van der Waals surface area (Å²) in [5.74, 6) is 0.772. The summed E-state index contributed by atoms with van der Waals surface area (Å²) >= 11 is 0. The summed E-state index contributed by atoms with van der Waals surface area (Å²) in [6.45, 7) is 9.02. The lowest BCUT2D eigenvalue weighted by Crippen LogP contribution is -2.23. The van der Waals surface area contributed by atoms with E-state index in [0.717, 1.165) is 0 Å². The van der Waals surface area contributed by atoms with Crippen molar-refractivity contribution >= 4 is 9.52 Å². The highest BCUT2D eigenvalue weighted by Crippen LogP contribution is 2.42. The average molecular weight is 196 g/mol.